The van der Waals surface area contributed by atoms with Crippen molar-refractivity contribution in [3.05, 3.63) is 82.9 Å². The molecule has 0 saturated carbocycles. The molecule has 3 aromatic rings. The van der Waals surface area contributed by atoms with Gasteiger partial charge in [-0.3, -0.25) is 14.9 Å². The average molecular weight is 475 g/mol. The van der Waals surface area contributed by atoms with E-state index in [4.69, 9.17) is 4.74 Å². The predicted octanol–water partition coefficient (Wildman–Crippen LogP) is 7.21. The van der Waals surface area contributed by atoms with Crippen LogP contribution in [0.1, 0.15) is 19.8 Å². The van der Waals surface area contributed by atoms with Gasteiger partial charge in [0.25, 0.3) is 5.69 Å². The summed E-state index contributed by atoms with van der Waals surface area (Å²) in [7, 11) is 1.94. The molecule has 0 radical (unpaired) electrons. The minimum Gasteiger partial charge on any atom is -0.464 e. The number of nitrogens with zero attached hydrogens (tertiary/aromatic N) is 6. The van der Waals surface area contributed by atoms with Gasteiger partial charge in [-0.1, -0.05) is 6.92 Å². The van der Waals surface area contributed by atoms with E-state index in [0.717, 1.165) is 12.1 Å². The molecule has 35 heavy (non-hydrogen) atoms. The Kier molecular flexibility index (Phi) is 9.12. The molecule has 0 bridgehead atoms. The van der Waals surface area contributed by atoms with Gasteiger partial charge in [-0.15, -0.1) is 0 Å². The number of non-ortho nitro benzene ring substituents is 1. The maximum atomic E-state index is 11.4. The van der Waals surface area contributed by atoms with Crippen LogP contribution in [0.3, 0.4) is 0 Å². The van der Waals surface area contributed by atoms with Crippen LogP contribution in [0.25, 0.3) is 0 Å². The van der Waals surface area contributed by atoms with Crippen LogP contribution in [-0.2, 0) is 9.53 Å². The van der Waals surface area contributed by atoms with Crippen molar-refractivity contribution in [2.45, 2.75) is 19.8 Å². The number of carbonyl (C=O) groups is 1. The summed E-state index contributed by atoms with van der Waals surface area (Å²) >= 11 is 0. The van der Waals surface area contributed by atoms with E-state index in [9.17, 15) is 14.9 Å². The van der Waals surface area contributed by atoms with E-state index < -0.39 is 4.92 Å². The molecule has 3 aromatic carbocycles. The van der Waals surface area contributed by atoms with Gasteiger partial charge >= 0.3 is 5.97 Å². The molecule has 0 fully saturated rings. The SMILES string of the molecule is CCCC(=O)OCCN(C)c1ccc(N=Nc2ccc(N=Nc3ccc([N+](=O)[O-])cc3)cc2)cc1. The third-order valence-corrected chi connectivity index (χ3v) is 4.91. The third kappa shape index (κ3) is 8.11. The van der Waals surface area contributed by atoms with Gasteiger partial charge in [0, 0.05) is 31.3 Å². The first-order chi connectivity index (χ1) is 16.9. The number of rotatable bonds is 11. The minimum absolute atomic E-state index is 0.00502. The van der Waals surface area contributed by atoms with Gasteiger partial charge in [0.15, 0.2) is 0 Å². The second-order valence-electron chi connectivity index (χ2n) is 7.60. The van der Waals surface area contributed by atoms with Crippen molar-refractivity contribution < 1.29 is 14.5 Å². The van der Waals surface area contributed by atoms with E-state index in [1.54, 1.807) is 24.3 Å². The van der Waals surface area contributed by atoms with Crippen molar-refractivity contribution >= 4 is 40.1 Å². The summed E-state index contributed by atoms with van der Waals surface area (Å²) in [6, 6.07) is 20.5. The highest BCUT2D eigenvalue weighted by molar-refractivity contribution is 5.69. The molecule has 0 amide bonds. The lowest BCUT2D eigenvalue weighted by molar-refractivity contribution is -0.384. The molecule has 0 aromatic heterocycles. The van der Waals surface area contributed by atoms with Gasteiger partial charge in [-0.2, -0.15) is 20.5 Å². The number of esters is 1. The molecule has 0 spiro atoms. The molecule has 0 saturated heterocycles. The Balaban J connectivity index is 1.51. The van der Waals surface area contributed by atoms with Gasteiger partial charge < -0.3 is 9.64 Å². The number of benzene rings is 3. The second kappa shape index (κ2) is 12.7. The molecule has 0 N–H and O–H groups in total. The molecule has 0 aliphatic heterocycles. The van der Waals surface area contributed by atoms with Crippen LogP contribution in [0, 0.1) is 10.1 Å². The first kappa shape index (κ1) is 25.2. The van der Waals surface area contributed by atoms with Gasteiger partial charge in [-0.25, -0.2) is 0 Å². The maximum absolute atomic E-state index is 11.4. The topological polar surface area (TPSA) is 122 Å². The lowest BCUT2D eigenvalue weighted by atomic mass is 10.2. The van der Waals surface area contributed by atoms with Crippen LogP contribution in [0.4, 0.5) is 34.1 Å². The number of hydrogen-bond acceptors (Lipinski definition) is 9. The number of nitro groups is 1. The molecule has 0 heterocycles. The summed E-state index contributed by atoms with van der Waals surface area (Å²) in [5.41, 5.74) is 3.50. The second-order valence-corrected chi connectivity index (χ2v) is 7.60. The van der Waals surface area contributed by atoms with E-state index in [1.165, 1.54) is 24.3 Å². The zero-order valence-electron chi connectivity index (χ0n) is 19.6. The van der Waals surface area contributed by atoms with Crippen molar-refractivity contribution in [2.75, 3.05) is 25.1 Å². The van der Waals surface area contributed by atoms with Gasteiger partial charge in [0.2, 0.25) is 0 Å². The Bertz CT molecular complexity index is 1180. The van der Waals surface area contributed by atoms with Gasteiger partial charge in [-0.05, 0) is 67.1 Å². The van der Waals surface area contributed by atoms with Crippen molar-refractivity contribution in [3.8, 4) is 0 Å². The highest BCUT2D eigenvalue weighted by atomic mass is 16.6. The van der Waals surface area contributed by atoms with E-state index in [1.807, 2.05) is 43.1 Å². The van der Waals surface area contributed by atoms with Gasteiger partial charge in [0.1, 0.15) is 6.61 Å². The Morgan fingerprint density at radius 3 is 1.69 bits per heavy atom. The number of likely N-dealkylation sites (N-methyl/N-ethyl adjacent to an activating group) is 1. The van der Waals surface area contributed by atoms with Crippen LogP contribution in [0.2, 0.25) is 0 Å². The Morgan fingerprint density at radius 1 is 0.829 bits per heavy atom. The maximum Gasteiger partial charge on any atom is 0.305 e. The summed E-state index contributed by atoms with van der Waals surface area (Å²) in [5, 5.41) is 27.4. The molecule has 0 atom stereocenters. The summed E-state index contributed by atoms with van der Waals surface area (Å²) in [4.78, 5) is 23.7. The summed E-state index contributed by atoms with van der Waals surface area (Å²) in [6.45, 7) is 2.89. The number of nitro benzene ring substituents is 1. The molecule has 3 rings (SSSR count). The summed E-state index contributed by atoms with van der Waals surface area (Å²) in [6.07, 6.45) is 1.22. The summed E-state index contributed by atoms with van der Waals surface area (Å²) in [5.74, 6) is -0.169. The third-order valence-electron chi connectivity index (χ3n) is 4.91. The molecule has 10 nitrogen and oxygen atoms in total. The average Bonchev–Trinajstić information content (AvgIpc) is 2.87. The van der Waals surface area contributed by atoms with Crippen LogP contribution in [-0.4, -0.2) is 31.1 Å². The van der Waals surface area contributed by atoms with E-state index in [-0.39, 0.29) is 11.7 Å². The smallest absolute Gasteiger partial charge is 0.305 e. The molecule has 180 valence electrons. The Labute approximate surface area is 203 Å². The highest BCUT2D eigenvalue weighted by Crippen LogP contribution is 2.25. The molecule has 0 unspecified atom stereocenters. The number of hydrogen-bond donors (Lipinski definition) is 0. The fraction of sp³-hybridized carbons (Fsp3) is 0.240. The standard InChI is InChI=1S/C25H26N6O4/c1-3-4-25(32)35-18-17-30(2)23-13-9-21(10-14-23)28-26-19-5-7-20(8-6-19)27-29-22-11-15-24(16-12-22)31(33)34/h5-16H,3-4,17-18H2,1-2H3. The van der Waals surface area contributed by atoms with Crippen LogP contribution >= 0.6 is 0 Å². The van der Waals surface area contributed by atoms with E-state index in [2.05, 4.69) is 20.5 Å². The zero-order chi connectivity index (χ0) is 25.0. The van der Waals surface area contributed by atoms with Crippen molar-refractivity contribution in [2.24, 2.45) is 20.5 Å². The largest absolute Gasteiger partial charge is 0.464 e. The minimum atomic E-state index is -0.461. The first-order valence-electron chi connectivity index (χ1n) is 11.1. The molecular weight excluding hydrogens is 448 g/mol. The predicted molar refractivity (Wildman–Crippen MR) is 133 cm³/mol. The van der Waals surface area contributed by atoms with Crippen LogP contribution < -0.4 is 4.90 Å². The fourth-order valence-corrected chi connectivity index (χ4v) is 2.93. The summed E-state index contributed by atoms with van der Waals surface area (Å²) < 4.78 is 5.20. The first-order valence-corrected chi connectivity index (χ1v) is 11.1. The fourth-order valence-electron chi connectivity index (χ4n) is 2.93. The Morgan fingerprint density at radius 2 is 1.26 bits per heavy atom. The normalized spacial score (nSPS) is 11.1. The van der Waals surface area contributed by atoms with Crippen molar-refractivity contribution in [1.82, 2.24) is 0 Å². The number of azo groups is 2. The van der Waals surface area contributed by atoms with Crippen LogP contribution in [0.5, 0.6) is 0 Å². The quantitative estimate of drug-likeness (QED) is 0.126. The van der Waals surface area contributed by atoms with Crippen LogP contribution in [0.15, 0.2) is 93.3 Å². The van der Waals surface area contributed by atoms with E-state index >= 15 is 0 Å². The zero-order valence-corrected chi connectivity index (χ0v) is 19.6. The molecule has 0 aliphatic rings. The number of anilines is 1. The van der Waals surface area contributed by atoms with E-state index in [0.29, 0.717) is 42.3 Å². The lowest BCUT2D eigenvalue weighted by Crippen LogP contribution is -2.23. The van der Waals surface area contributed by atoms with Crippen molar-refractivity contribution in [1.29, 1.82) is 0 Å². The monoisotopic (exact) mass is 474 g/mol. The molecule has 0 aliphatic carbocycles. The molecular formula is C25H26N6O4. The number of carbonyl (C=O) groups excluding carboxylic acids is 1. The molecule has 10 heteroatoms. The van der Waals surface area contributed by atoms with Gasteiger partial charge in [0.05, 0.1) is 34.2 Å². The highest BCUT2D eigenvalue weighted by Gasteiger charge is 2.05. The number of ether oxygens (including phenoxy) is 1. The lowest BCUT2D eigenvalue weighted by Gasteiger charge is -2.19. The van der Waals surface area contributed by atoms with Crippen molar-refractivity contribution in [3.63, 3.8) is 0 Å². The Hall–Kier alpha value is -4.47.